The van der Waals surface area contributed by atoms with Gasteiger partial charge in [-0.3, -0.25) is 4.90 Å². The fourth-order valence-corrected chi connectivity index (χ4v) is 7.65. The van der Waals surface area contributed by atoms with E-state index >= 15 is 0 Å². The van der Waals surface area contributed by atoms with Crippen LogP contribution in [0.5, 0.6) is 5.75 Å². The van der Waals surface area contributed by atoms with Crippen LogP contribution in [-0.4, -0.2) is 57.2 Å². The van der Waals surface area contributed by atoms with Gasteiger partial charge in [0, 0.05) is 32.7 Å². The van der Waals surface area contributed by atoms with Crippen LogP contribution in [0.4, 0.5) is 0 Å². The first kappa shape index (κ1) is 23.8. The molecule has 0 radical (unpaired) electrons. The van der Waals surface area contributed by atoms with Crippen LogP contribution in [0.3, 0.4) is 0 Å². The topological polar surface area (TPSA) is 84.0 Å². The molecule has 0 spiro atoms. The van der Waals surface area contributed by atoms with Crippen LogP contribution >= 0.6 is 0 Å². The van der Waals surface area contributed by atoms with Gasteiger partial charge in [0.15, 0.2) is 9.84 Å². The van der Waals surface area contributed by atoms with Gasteiger partial charge in [-0.1, -0.05) is 30.3 Å². The Morgan fingerprint density at radius 3 is 2.15 bits per heavy atom. The van der Waals surface area contributed by atoms with Crippen molar-refractivity contribution in [2.45, 2.75) is 55.5 Å². The average molecular weight is 505 g/mol. The van der Waals surface area contributed by atoms with Gasteiger partial charge in [-0.05, 0) is 60.4 Å². The molecule has 34 heavy (non-hydrogen) atoms. The minimum Gasteiger partial charge on any atom is -0.492 e. The third-order valence-electron chi connectivity index (χ3n) is 7.11. The minimum absolute atomic E-state index is 0.206. The van der Waals surface area contributed by atoms with Crippen molar-refractivity contribution in [1.29, 1.82) is 0 Å². The minimum atomic E-state index is -3.42. The lowest BCUT2D eigenvalue weighted by atomic mass is 9.99. The van der Waals surface area contributed by atoms with Crippen molar-refractivity contribution >= 4 is 19.9 Å². The second-order valence-electron chi connectivity index (χ2n) is 9.86. The molecular formula is C25H32N2O5S2. The van der Waals surface area contributed by atoms with Crippen molar-refractivity contribution in [2.75, 3.05) is 26.0 Å². The predicted octanol–water partition coefficient (Wildman–Crippen LogP) is 3.19. The fourth-order valence-electron chi connectivity index (χ4n) is 4.94. The summed E-state index contributed by atoms with van der Waals surface area (Å²) in [4.78, 5) is 2.63. The summed E-state index contributed by atoms with van der Waals surface area (Å²) in [5.41, 5.74) is 3.63. The number of rotatable bonds is 8. The number of fused-ring (bicyclic) bond motifs is 1. The van der Waals surface area contributed by atoms with Crippen LogP contribution in [-0.2, 0) is 39.5 Å². The van der Waals surface area contributed by atoms with E-state index in [1.165, 1.54) is 21.7 Å². The molecule has 2 heterocycles. The second kappa shape index (κ2) is 9.26. The molecule has 2 fully saturated rings. The molecule has 1 saturated heterocycles. The Labute approximate surface area is 202 Å². The number of hydrogen-bond acceptors (Lipinski definition) is 6. The molecule has 0 amide bonds. The molecule has 184 valence electrons. The summed E-state index contributed by atoms with van der Waals surface area (Å²) in [6.45, 7) is 3.78. The first-order valence-corrected chi connectivity index (χ1v) is 15.3. The summed E-state index contributed by atoms with van der Waals surface area (Å²) < 4.78 is 57.5. The molecule has 0 atom stereocenters. The van der Waals surface area contributed by atoms with E-state index in [1.54, 1.807) is 12.1 Å². The highest BCUT2D eigenvalue weighted by Crippen LogP contribution is 2.38. The van der Waals surface area contributed by atoms with Gasteiger partial charge < -0.3 is 4.74 Å². The van der Waals surface area contributed by atoms with Gasteiger partial charge in [0.2, 0.25) is 10.0 Å². The van der Waals surface area contributed by atoms with Crippen molar-refractivity contribution < 1.29 is 21.6 Å². The standard InChI is InChI=1S/C25H32N2O5S2/c1-33(28,29)27-12-10-19(11-13-27)18-32-24-9-6-20(14-25(24)34(30,31)23-7-8-23)15-26-16-21-4-2-3-5-22(21)17-26/h2-6,9,14,19,23H,7-8,10-13,15-18H2,1H3. The first-order valence-electron chi connectivity index (χ1n) is 11.9. The molecule has 1 aliphatic carbocycles. The molecule has 2 aromatic carbocycles. The van der Waals surface area contributed by atoms with Gasteiger partial charge in [0.25, 0.3) is 0 Å². The quantitative estimate of drug-likeness (QED) is 0.549. The summed E-state index contributed by atoms with van der Waals surface area (Å²) in [7, 11) is -6.59. The van der Waals surface area contributed by atoms with Gasteiger partial charge in [0.1, 0.15) is 10.6 Å². The number of sulfone groups is 1. The van der Waals surface area contributed by atoms with Gasteiger partial charge in [-0.25, -0.2) is 21.1 Å². The van der Waals surface area contributed by atoms with Crippen molar-refractivity contribution in [1.82, 2.24) is 9.21 Å². The van der Waals surface area contributed by atoms with Crippen molar-refractivity contribution in [3.8, 4) is 5.75 Å². The summed E-state index contributed by atoms with van der Waals surface area (Å²) >= 11 is 0. The van der Waals surface area contributed by atoms with E-state index in [0.717, 1.165) is 18.7 Å². The normalized spacial score (nSPS) is 20.4. The number of ether oxygens (including phenoxy) is 1. The maximum atomic E-state index is 13.2. The molecule has 0 bridgehead atoms. The van der Waals surface area contributed by atoms with E-state index in [0.29, 0.717) is 62.6 Å². The number of benzene rings is 2. The van der Waals surface area contributed by atoms with Crippen LogP contribution in [0.2, 0.25) is 0 Å². The van der Waals surface area contributed by atoms with Gasteiger partial charge >= 0.3 is 0 Å². The molecule has 2 aromatic rings. The van der Waals surface area contributed by atoms with Gasteiger partial charge in [0.05, 0.1) is 18.1 Å². The van der Waals surface area contributed by atoms with E-state index < -0.39 is 19.9 Å². The maximum Gasteiger partial charge on any atom is 0.211 e. The molecular weight excluding hydrogens is 472 g/mol. The van der Waals surface area contributed by atoms with Crippen LogP contribution in [0.15, 0.2) is 47.4 Å². The van der Waals surface area contributed by atoms with E-state index in [2.05, 4.69) is 29.2 Å². The Hall–Kier alpha value is -1.94. The van der Waals surface area contributed by atoms with E-state index in [4.69, 9.17) is 4.74 Å². The Morgan fingerprint density at radius 2 is 1.56 bits per heavy atom. The van der Waals surface area contributed by atoms with E-state index in [1.807, 2.05) is 6.07 Å². The maximum absolute atomic E-state index is 13.2. The van der Waals surface area contributed by atoms with Crippen molar-refractivity contribution in [2.24, 2.45) is 5.92 Å². The average Bonchev–Trinajstić information content (AvgIpc) is 3.59. The zero-order valence-electron chi connectivity index (χ0n) is 19.5. The Balaban J connectivity index is 1.29. The Kier molecular flexibility index (Phi) is 6.48. The summed E-state index contributed by atoms with van der Waals surface area (Å²) in [6, 6.07) is 14.0. The molecule has 0 unspecified atom stereocenters. The van der Waals surface area contributed by atoms with Gasteiger partial charge in [-0.2, -0.15) is 0 Å². The fraction of sp³-hybridized carbons (Fsp3) is 0.520. The zero-order chi connectivity index (χ0) is 23.9. The number of hydrogen-bond donors (Lipinski definition) is 0. The number of sulfonamides is 1. The highest BCUT2D eigenvalue weighted by Gasteiger charge is 2.39. The summed E-state index contributed by atoms with van der Waals surface area (Å²) in [5, 5.41) is -0.306. The SMILES string of the molecule is CS(=O)(=O)N1CCC(COc2ccc(CN3Cc4ccccc4C3)cc2S(=O)(=O)C2CC2)CC1. The Bertz CT molecular complexity index is 1240. The third kappa shape index (κ3) is 5.17. The third-order valence-corrected chi connectivity index (χ3v) is 10.7. The largest absolute Gasteiger partial charge is 0.492 e. The number of nitrogens with zero attached hydrogens (tertiary/aromatic N) is 2. The highest BCUT2D eigenvalue weighted by atomic mass is 32.2. The molecule has 3 aliphatic rings. The van der Waals surface area contributed by atoms with Crippen LogP contribution < -0.4 is 4.74 Å². The molecule has 0 aromatic heterocycles. The molecule has 5 rings (SSSR count). The molecule has 1 saturated carbocycles. The summed E-state index contributed by atoms with van der Waals surface area (Å²) in [5.74, 6) is 0.628. The molecule has 0 N–H and O–H groups in total. The van der Waals surface area contributed by atoms with Crippen LogP contribution in [0, 0.1) is 5.92 Å². The van der Waals surface area contributed by atoms with Gasteiger partial charge in [-0.15, -0.1) is 0 Å². The van der Waals surface area contributed by atoms with Crippen molar-refractivity contribution in [3.63, 3.8) is 0 Å². The van der Waals surface area contributed by atoms with Crippen LogP contribution in [0.25, 0.3) is 0 Å². The second-order valence-corrected chi connectivity index (χ2v) is 14.0. The van der Waals surface area contributed by atoms with Crippen molar-refractivity contribution in [3.05, 3.63) is 59.2 Å². The van der Waals surface area contributed by atoms with E-state index in [9.17, 15) is 16.8 Å². The summed E-state index contributed by atoms with van der Waals surface area (Å²) in [6.07, 6.45) is 4.08. The Morgan fingerprint density at radius 1 is 0.912 bits per heavy atom. The highest BCUT2D eigenvalue weighted by molar-refractivity contribution is 7.92. The van der Waals surface area contributed by atoms with Crippen LogP contribution in [0.1, 0.15) is 42.4 Å². The molecule has 7 nitrogen and oxygen atoms in total. The monoisotopic (exact) mass is 504 g/mol. The molecule has 2 aliphatic heterocycles. The predicted molar refractivity (Wildman–Crippen MR) is 131 cm³/mol. The first-order chi connectivity index (χ1) is 16.2. The smallest absolute Gasteiger partial charge is 0.211 e. The number of piperidine rings is 1. The van der Waals surface area contributed by atoms with E-state index in [-0.39, 0.29) is 11.2 Å². The zero-order valence-corrected chi connectivity index (χ0v) is 21.2. The lowest BCUT2D eigenvalue weighted by Crippen LogP contribution is -2.39. The molecule has 9 heteroatoms. The lowest BCUT2D eigenvalue weighted by Gasteiger charge is -2.30. The lowest BCUT2D eigenvalue weighted by molar-refractivity contribution is 0.183.